The SMILES string of the molecule is CN(C)C=NS(=O)(=O)c1ccccc1C(C)(C)CC(O)C(F)(F)F. The first kappa shape index (κ1) is 20.4. The first-order valence-corrected chi connectivity index (χ1v) is 8.52. The molecule has 1 N–H and O–H groups in total. The summed E-state index contributed by atoms with van der Waals surface area (Å²) < 4.78 is 66.2. The molecule has 0 aliphatic rings. The number of hydrogen-bond acceptors (Lipinski definition) is 3. The van der Waals surface area contributed by atoms with E-state index in [2.05, 4.69) is 4.40 Å². The Morgan fingerprint density at radius 2 is 1.79 bits per heavy atom. The van der Waals surface area contributed by atoms with Crippen molar-refractivity contribution in [3.8, 4) is 0 Å². The number of sulfonamides is 1. The summed E-state index contributed by atoms with van der Waals surface area (Å²) in [5, 5.41) is 9.34. The monoisotopic (exact) mass is 366 g/mol. The molecule has 1 unspecified atom stereocenters. The van der Waals surface area contributed by atoms with E-state index in [4.69, 9.17) is 0 Å². The summed E-state index contributed by atoms with van der Waals surface area (Å²) in [7, 11) is -0.892. The van der Waals surface area contributed by atoms with E-state index in [-0.39, 0.29) is 10.5 Å². The van der Waals surface area contributed by atoms with Crippen molar-refractivity contribution in [3.63, 3.8) is 0 Å². The van der Waals surface area contributed by atoms with Crippen LogP contribution in [0.25, 0.3) is 0 Å². The van der Waals surface area contributed by atoms with Gasteiger partial charge in [-0.15, -0.1) is 4.40 Å². The molecule has 0 fully saturated rings. The van der Waals surface area contributed by atoms with Gasteiger partial charge >= 0.3 is 6.18 Å². The third-order valence-electron chi connectivity index (χ3n) is 3.39. The van der Waals surface area contributed by atoms with E-state index >= 15 is 0 Å². The number of rotatable bonds is 6. The predicted molar refractivity (Wildman–Crippen MR) is 85.5 cm³/mol. The molecule has 136 valence electrons. The van der Waals surface area contributed by atoms with E-state index < -0.39 is 34.1 Å². The van der Waals surface area contributed by atoms with Gasteiger partial charge < -0.3 is 10.0 Å². The maximum atomic E-state index is 12.6. The van der Waals surface area contributed by atoms with Crippen molar-refractivity contribution in [1.82, 2.24) is 4.90 Å². The molecule has 0 heterocycles. The van der Waals surface area contributed by atoms with Gasteiger partial charge in [0.25, 0.3) is 10.0 Å². The Morgan fingerprint density at radius 3 is 2.29 bits per heavy atom. The quantitative estimate of drug-likeness (QED) is 0.621. The summed E-state index contributed by atoms with van der Waals surface area (Å²) in [5.74, 6) is 0. The molecule has 0 spiro atoms. The normalized spacial score (nSPS) is 14.8. The van der Waals surface area contributed by atoms with Crippen LogP contribution in [0.4, 0.5) is 13.2 Å². The lowest BCUT2D eigenvalue weighted by Crippen LogP contribution is -2.35. The molecule has 0 saturated heterocycles. The molecule has 9 heteroatoms. The lowest BCUT2D eigenvalue weighted by molar-refractivity contribution is -0.209. The van der Waals surface area contributed by atoms with Crippen molar-refractivity contribution in [3.05, 3.63) is 29.8 Å². The molecule has 1 aromatic carbocycles. The number of alkyl halides is 3. The van der Waals surface area contributed by atoms with Crippen LogP contribution in [0, 0.1) is 0 Å². The molecule has 0 saturated carbocycles. The second-order valence-electron chi connectivity index (χ2n) is 6.30. The molecule has 0 amide bonds. The molecule has 1 atom stereocenters. The van der Waals surface area contributed by atoms with Gasteiger partial charge in [-0.2, -0.15) is 21.6 Å². The van der Waals surface area contributed by atoms with Gasteiger partial charge in [0.05, 0.1) is 4.90 Å². The van der Waals surface area contributed by atoms with Gasteiger partial charge in [0, 0.05) is 14.1 Å². The fourth-order valence-corrected chi connectivity index (χ4v) is 3.47. The molecule has 24 heavy (non-hydrogen) atoms. The van der Waals surface area contributed by atoms with Crippen molar-refractivity contribution in [2.75, 3.05) is 14.1 Å². The van der Waals surface area contributed by atoms with E-state index in [1.807, 2.05) is 0 Å². The Kier molecular flexibility index (Phi) is 6.05. The number of nitrogens with zero attached hydrogens (tertiary/aromatic N) is 2. The minimum atomic E-state index is -4.77. The van der Waals surface area contributed by atoms with Crippen molar-refractivity contribution in [2.45, 2.75) is 42.9 Å². The average molecular weight is 366 g/mol. The minimum absolute atomic E-state index is 0.171. The zero-order valence-electron chi connectivity index (χ0n) is 13.9. The van der Waals surface area contributed by atoms with Gasteiger partial charge in [-0.05, 0) is 23.5 Å². The number of aliphatic hydroxyl groups excluding tert-OH is 1. The standard InChI is InChI=1S/C15H21F3N2O3S/c1-14(2,9-13(21)15(16,17)18)11-7-5-6-8-12(11)24(22,23)19-10-20(3)4/h5-8,10,13,21H,9H2,1-4H3. The van der Waals surface area contributed by atoms with Crippen LogP contribution in [0.15, 0.2) is 33.6 Å². The zero-order chi connectivity index (χ0) is 18.8. The van der Waals surface area contributed by atoms with Gasteiger partial charge in [-0.1, -0.05) is 32.0 Å². The predicted octanol–water partition coefficient (Wildman–Crippen LogP) is 2.56. The Bertz CT molecular complexity index is 698. The highest BCUT2D eigenvalue weighted by molar-refractivity contribution is 7.90. The highest BCUT2D eigenvalue weighted by Gasteiger charge is 2.42. The maximum absolute atomic E-state index is 12.6. The maximum Gasteiger partial charge on any atom is 0.414 e. The third-order valence-corrected chi connectivity index (χ3v) is 4.68. The highest BCUT2D eigenvalue weighted by Crippen LogP contribution is 2.37. The molecule has 1 rings (SSSR count). The molecular weight excluding hydrogens is 345 g/mol. The Morgan fingerprint density at radius 1 is 1.25 bits per heavy atom. The molecule has 0 bridgehead atoms. The van der Waals surface area contributed by atoms with Crippen molar-refractivity contribution >= 4 is 16.4 Å². The number of halogens is 3. The summed E-state index contributed by atoms with van der Waals surface area (Å²) in [6, 6.07) is 5.73. The van der Waals surface area contributed by atoms with Crippen molar-refractivity contribution in [1.29, 1.82) is 0 Å². The van der Waals surface area contributed by atoms with Crippen LogP contribution < -0.4 is 0 Å². The first-order valence-electron chi connectivity index (χ1n) is 7.08. The second kappa shape index (κ2) is 7.10. The van der Waals surface area contributed by atoms with Crippen LogP contribution in [0.1, 0.15) is 25.8 Å². The lowest BCUT2D eigenvalue weighted by Gasteiger charge is -2.30. The minimum Gasteiger partial charge on any atom is -0.384 e. The second-order valence-corrected chi connectivity index (χ2v) is 7.90. The molecule has 0 radical (unpaired) electrons. The summed E-state index contributed by atoms with van der Waals surface area (Å²) in [6.07, 6.45) is -6.88. The van der Waals surface area contributed by atoms with E-state index in [1.54, 1.807) is 14.1 Å². The fraction of sp³-hybridized carbons (Fsp3) is 0.533. The molecule has 0 aliphatic carbocycles. The molecular formula is C15H21F3N2O3S. The topological polar surface area (TPSA) is 70.0 Å². The summed E-state index contributed by atoms with van der Waals surface area (Å²) in [6.45, 7) is 2.90. The molecule has 5 nitrogen and oxygen atoms in total. The van der Waals surface area contributed by atoms with E-state index in [1.165, 1.54) is 43.0 Å². The molecule has 0 aliphatic heterocycles. The number of hydrogen-bond donors (Lipinski definition) is 1. The Balaban J connectivity index is 3.32. The first-order chi connectivity index (χ1) is 10.8. The Hall–Kier alpha value is -1.61. The van der Waals surface area contributed by atoms with E-state index in [0.29, 0.717) is 0 Å². The van der Waals surface area contributed by atoms with E-state index in [0.717, 1.165) is 6.34 Å². The smallest absolute Gasteiger partial charge is 0.384 e. The largest absolute Gasteiger partial charge is 0.414 e. The molecule has 0 aromatic heterocycles. The van der Waals surface area contributed by atoms with E-state index in [9.17, 15) is 26.7 Å². The van der Waals surface area contributed by atoms with Crippen LogP contribution in [0.2, 0.25) is 0 Å². The van der Waals surface area contributed by atoms with Crippen LogP contribution in [0.3, 0.4) is 0 Å². The van der Waals surface area contributed by atoms with Crippen LogP contribution in [-0.4, -0.2) is 51.1 Å². The van der Waals surface area contributed by atoms with Crippen LogP contribution in [-0.2, 0) is 15.4 Å². The van der Waals surface area contributed by atoms with Gasteiger partial charge in [-0.3, -0.25) is 0 Å². The highest BCUT2D eigenvalue weighted by atomic mass is 32.2. The lowest BCUT2D eigenvalue weighted by atomic mass is 9.79. The Labute approximate surface area is 139 Å². The third kappa shape index (κ3) is 5.20. The van der Waals surface area contributed by atoms with Crippen LogP contribution >= 0.6 is 0 Å². The fourth-order valence-electron chi connectivity index (χ4n) is 2.17. The summed E-state index contributed by atoms with van der Waals surface area (Å²) in [4.78, 5) is 1.25. The van der Waals surface area contributed by atoms with Gasteiger partial charge in [-0.25, -0.2) is 0 Å². The van der Waals surface area contributed by atoms with Crippen molar-refractivity contribution < 1.29 is 26.7 Å². The zero-order valence-corrected chi connectivity index (χ0v) is 14.7. The summed E-state index contributed by atoms with van der Waals surface area (Å²) in [5.41, 5.74) is -1.06. The average Bonchev–Trinajstić information content (AvgIpc) is 2.44. The van der Waals surface area contributed by atoms with Gasteiger partial charge in [0.1, 0.15) is 6.34 Å². The number of benzene rings is 1. The summed E-state index contributed by atoms with van der Waals surface area (Å²) >= 11 is 0. The molecule has 1 aromatic rings. The van der Waals surface area contributed by atoms with Crippen LogP contribution in [0.5, 0.6) is 0 Å². The number of aliphatic hydroxyl groups is 1. The van der Waals surface area contributed by atoms with Gasteiger partial charge in [0.15, 0.2) is 6.10 Å². The van der Waals surface area contributed by atoms with Crippen molar-refractivity contribution in [2.24, 2.45) is 4.40 Å². The van der Waals surface area contributed by atoms with Gasteiger partial charge in [0.2, 0.25) is 0 Å².